The molecule has 0 saturated carbocycles. The maximum atomic E-state index is 12.6. The Morgan fingerprint density at radius 3 is 2.64 bits per heavy atom. The third-order valence-electron chi connectivity index (χ3n) is 3.90. The summed E-state index contributed by atoms with van der Waals surface area (Å²) in [6.45, 7) is 0. The topological polar surface area (TPSA) is 116 Å². The van der Waals surface area contributed by atoms with Gasteiger partial charge < -0.3 is 0 Å². The number of nitrogens with one attached hydrogen (secondary N) is 1. The molecule has 0 unspecified atom stereocenters. The Morgan fingerprint density at radius 2 is 1.88 bits per heavy atom. The summed E-state index contributed by atoms with van der Waals surface area (Å²) in [4.78, 5) is 20.0. The fraction of sp³-hybridized carbons (Fsp3) is 0.143. The lowest BCUT2D eigenvalue weighted by Gasteiger charge is -2.05. The molecule has 0 atom stereocenters. The summed E-state index contributed by atoms with van der Waals surface area (Å²) in [5.74, 6) is 0.196. The Kier molecular flexibility index (Phi) is 3.15. The van der Waals surface area contributed by atoms with Crippen LogP contribution in [0.4, 0.5) is 5.95 Å². The number of aromatic nitrogens is 6. The van der Waals surface area contributed by atoms with Crippen molar-refractivity contribution in [3.05, 3.63) is 47.1 Å². The van der Waals surface area contributed by atoms with E-state index in [0.29, 0.717) is 11.0 Å². The number of fused-ring (bicyclic) bond motifs is 2. The molecular weight excluding hydrogens is 346 g/mol. The van der Waals surface area contributed by atoms with Crippen LogP contribution >= 0.6 is 0 Å². The lowest BCUT2D eigenvalue weighted by atomic mass is 10.3. The molecule has 0 aliphatic rings. The molecule has 3 aromatic heterocycles. The van der Waals surface area contributed by atoms with Gasteiger partial charge in [-0.1, -0.05) is 0 Å². The number of aryl methyl sites for hydroxylation is 2. The lowest BCUT2D eigenvalue weighted by molar-refractivity contribution is 0.601. The molecule has 11 heteroatoms. The Hall–Kier alpha value is -3.21. The van der Waals surface area contributed by atoms with Crippen LogP contribution < -0.4 is 10.4 Å². The summed E-state index contributed by atoms with van der Waals surface area (Å²) in [5.41, 5.74) is 0.923. The minimum atomic E-state index is -3.91. The number of anilines is 1. The normalized spacial score (nSPS) is 12.1. The second kappa shape index (κ2) is 5.14. The van der Waals surface area contributed by atoms with Crippen molar-refractivity contribution >= 4 is 32.8 Å². The predicted molar refractivity (Wildman–Crippen MR) is 89.8 cm³/mol. The van der Waals surface area contributed by atoms with Crippen LogP contribution in [0.25, 0.3) is 16.8 Å². The van der Waals surface area contributed by atoms with Gasteiger partial charge in [0.25, 0.3) is 21.7 Å². The SMILES string of the molecule is Cn1c(=O)n(C)c2cc(S(=O)(=O)Nc3nc4ncccn4n3)ccc21. The van der Waals surface area contributed by atoms with Crippen LogP contribution in [-0.2, 0) is 24.1 Å². The zero-order valence-electron chi connectivity index (χ0n) is 13.3. The monoisotopic (exact) mass is 359 g/mol. The highest BCUT2D eigenvalue weighted by Gasteiger charge is 2.19. The second-order valence-electron chi connectivity index (χ2n) is 5.46. The first-order valence-corrected chi connectivity index (χ1v) is 8.71. The largest absolute Gasteiger partial charge is 0.328 e. The smallest absolute Gasteiger partial charge is 0.295 e. The van der Waals surface area contributed by atoms with Crippen molar-refractivity contribution in [2.24, 2.45) is 14.1 Å². The fourth-order valence-electron chi connectivity index (χ4n) is 2.61. The van der Waals surface area contributed by atoms with Gasteiger partial charge >= 0.3 is 5.69 Å². The average Bonchev–Trinajstić information content (AvgIpc) is 3.08. The first-order valence-electron chi connectivity index (χ1n) is 7.22. The molecule has 0 aliphatic carbocycles. The van der Waals surface area contributed by atoms with Gasteiger partial charge in [0.15, 0.2) is 0 Å². The average molecular weight is 359 g/mol. The van der Waals surface area contributed by atoms with E-state index in [9.17, 15) is 13.2 Å². The number of hydrogen-bond donors (Lipinski definition) is 1. The zero-order valence-corrected chi connectivity index (χ0v) is 14.1. The number of imidazole rings is 1. The highest BCUT2D eigenvalue weighted by molar-refractivity contribution is 7.92. The van der Waals surface area contributed by atoms with Gasteiger partial charge in [-0.15, -0.1) is 5.10 Å². The molecule has 1 N–H and O–H groups in total. The first-order chi connectivity index (χ1) is 11.9. The summed E-state index contributed by atoms with van der Waals surface area (Å²) in [6.07, 6.45) is 3.14. The number of benzene rings is 1. The van der Waals surface area contributed by atoms with Gasteiger partial charge in [-0.05, 0) is 24.3 Å². The number of hydrogen-bond acceptors (Lipinski definition) is 6. The highest BCUT2D eigenvalue weighted by atomic mass is 32.2. The Morgan fingerprint density at radius 1 is 1.12 bits per heavy atom. The van der Waals surface area contributed by atoms with Gasteiger partial charge in [-0.25, -0.2) is 27.4 Å². The summed E-state index contributed by atoms with van der Waals surface area (Å²) in [7, 11) is -0.697. The third kappa shape index (κ3) is 2.36. The van der Waals surface area contributed by atoms with Crippen molar-refractivity contribution in [1.82, 2.24) is 28.7 Å². The standard InChI is InChI=1S/C14H13N7O3S/c1-19-10-5-4-9(8-11(10)20(2)14(19)22)25(23,24)18-12-16-13-15-6-3-7-21(13)17-12/h3-8H,1-2H3,(H,17,18). The predicted octanol–water partition coefficient (Wildman–Crippen LogP) is 0.115. The van der Waals surface area contributed by atoms with Crippen molar-refractivity contribution in [3.63, 3.8) is 0 Å². The summed E-state index contributed by atoms with van der Waals surface area (Å²) >= 11 is 0. The number of nitrogens with zero attached hydrogens (tertiary/aromatic N) is 6. The minimum Gasteiger partial charge on any atom is -0.295 e. The Labute approximate surface area is 141 Å². The van der Waals surface area contributed by atoms with E-state index in [0.717, 1.165) is 0 Å². The molecule has 0 saturated heterocycles. The second-order valence-corrected chi connectivity index (χ2v) is 7.14. The lowest BCUT2D eigenvalue weighted by Crippen LogP contribution is -2.19. The molecule has 1 aromatic carbocycles. The van der Waals surface area contributed by atoms with Crippen molar-refractivity contribution in [2.45, 2.75) is 4.90 Å². The van der Waals surface area contributed by atoms with E-state index in [1.807, 2.05) is 0 Å². The molecule has 10 nitrogen and oxygen atoms in total. The summed E-state index contributed by atoms with van der Waals surface area (Å²) in [6, 6.07) is 6.11. The molecule has 0 spiro atoms. The molecule has 4 rings (SSSR count). The molecule has 0 fully saturated rings. The number of rotatable bonds is 3. The van der Waals surface area contributed by atoms with Crippen LogP contribution in [0.3, 0.4) is 0 Å². The van der Waals surface area contributed by atoms with Crippen LogP contribution in [0.1, 0.15) is 0 Å². The maximum Gasteiger partial charge on any atom is 0.328 e. The molecule has 4 aromatic rings. The van der Waals surface area contributed by atoms with Gasteiger partial charge in [0.2, 0.25) is 0 Å². The minimum absolute atomic E-state index is 0.00742. The van der Waals surface area contributed by atoms with Gasteiger partial charge in [0.1, 0.15) is 0 Å². The Balaban J connectivity index is 1.78. The van der Waals surface area contributed by atoms with E-state index in [1.54, 1.807) is 32.4 Å². The van der Waals surface area contributed by atoms with Crippen LogP contribution in [-0.4, -0.2) is 37.1 Å². The summed E-state index contributed by atoms with van der Waals surface area (Å²) < 4.78 is 31.8. The van der Waals surface area contributed by atoms with Crippen LogP contribution in [0.2, 0.25) is 0 Å². The maximum absolute atomic E-state index is 12.6. The van der Waals surface area contributed by atoms with E-state index in [-0.39, 0.29) is 22.3 Å². The highest BCUT2D eigenvalue weighted by Crippen LogP contribution is 2.19. The third-order valence-corrected chi connectivity index (χ3v) is 5.22. The van der Waals surface area contributed by atoms with Crippen molar-refractivity contribution in [1.29, 1.82) is 0 Å². The van der Waals surface area contributed by atoms with E-state index < -0.39 is 10.0 Å². The van der Waals surface area contributed by atoms with Crippen molar-refractivity contribution < 1.29 is 8.42 Å². The van der Waals surface area contributed by atoms with Gasteiger partial charge in [0.05, 0.1) is 15.9 Å². The van der Waals surface area contributed by atoms with E-state index in [1.165, 1.54) is 32.0 Å². The number of sulfonamides is 1. The fourth-order valence-corrected chi connectivity index (χ4v) is 3.57. The molecule has 25 heavy (non-hydrogen) atoms. The molecule has 0 aliphatic heterocycles. The van der Waals surface area contributed by atoms with Crippen LogP contribution in [0.15, 0.2) is 46.3 Å². The molecular formula is C14H13N7O3S. The quantitative estimate of drug-likeness (QED) is 0.555. The molecule has 3 heterocycles. The zero-order chi connectivity index (χ0) is 17.8. The summed E-state index contributed by atoms with van der Waals surface area (Å²) in [5, 5.41) is 4.01. The van der Waals surface area contributed by atoms with Gasteiger partial charge in [0, 0.05) is 26.5 Å². The van der Waals surface area contributed by atoms with E-state index >= 15 is 0 Å². The molecule has 0 radical (unpaired) electrons. The molecule has 0 amide bonds. The molecule has 128 valence electrons. The van der Waals surface area contributed by atoms with E-state index in [4.69, 9.17) is 0 Å². The van der Waals surface area contributed by atoms with E-state index in [2.05, 4.69) is 19.8 Å². The van der Waals surface area contributed by atoms with Gasteiger partial charge in [-0.2, -0.15) is 4.98 Å². The molecule has 0 bridgehead atoms. The van der Waals surface area contributed by atoms with Crippen molar-refractivity contribution in [3.8, 4) is 0 Å². The Bertz CT molecular complexity index is 1250. The van der Waals surface area contributed by atoms with Crippen molar-refractivity contribution in [2.75, 3.05) is 4.72 Å². The van der Waals surface area contributed by atoms with Crippen LogP contribution in [0, 0.1) is 0 Å². The first kappa shape index (κ1) is 15.3. The van der Waals surface area contributed by atoms with Crippen LogP contribution in [0.5, 0.6) is 0 Å². The van der Waals surface area contributed by atoms with Gasteiger partial charge in [-0.3, -0.25) is 9.13 Å².